The van der Waals surface area contributed by atoms with Crippen LogP contribution >= 0.6 is 24.2 Å². The zero-order valence-corrected chi connectivity index (χ0v) is 21.2. The SMILES string of the molecule is COC(=O)c1cc(C(=O)OC)cc(-c2ccc(CNCCSc3nnnn3-c3ccccc3)o2)c1.Cl. The number of carbonyl (C=O) groups excluding carboxylic acids is 2. The number of para-hydroxylation sites is 1. The van der Waals surface area contributed by atoms with Crippen molar-refractivity contribution in [1.29, 1.82) is 0 Å². The van der Waals surface area contributed by atoms with E-state index in [0.717, 1.165) is 11.4 Å². The number of tetrazole rings is 1. The number of hydrogen-bond acceptors (Lipinski definition) is 10. The number of thioether (sulfide) groups is 1. The molecule has 4 aromatic rings. The quantitative estimate of drug-likeness (QED) is 0.184. The van der Waals surface area contributed by atoms with E-state index in [0.29, 0.717) is 35.3 Å². The summed E-state index contributed by atoms with van der Waals surface area (Å²) >= 11 is 1.54. The molecule has 0 radical (unpaired) electrons. The summed E-state index contributed by atoms with van der Waals surface area (Å²) in [5, 5.41) is 15.9. The Hall–Kier alpha value is -3.67. The molecule has 1 N–H and O–H groups in total. The molecule has 0 saturated heterocycles. The van der Waals surface area contributed by atoms with Gasteiger partial charge in [-0.2, -0.15) is 4.68 Å². The average Bonchev–Trinajstić information content (AvgIpc) is 3.57. The first-order chi connectivity index (χ1) is 17.1. The Morgan fingerprint density at radius 2 is 1.69 bits per heavy atom. The molecule has 0 bridgehead atoms. The second-order valence-corrected chi connectivity index (χ2v) is 8.34. The van der Waals surface area contributed by atoms with Gasteiger partial charge in [-0.25, -0.2) is 9.59 Å². The van der Waals surface area contributed by atoms with E-state index >= 15 is 0 Å². The van der Waals surface area contributed by atoms with Gasteiger partial charge in [-0.05, 0) is 52.9 Å². The number of rotatable bonds is 10. The predicted molar refractivity (Wildman–Crippen MR) is 136 cm³/mol. The second-order valence-electron chi connectivity index (χ2n) is 7.28. The van der Waals surface area contributed by atoms with Gasteiger partial charge in [0.15, 0.2) is 0 Å². The van der Waals surface area contributed by atoms with Crippen LogP contribution in [0.25, 0.3) is 17.0 Å². The highest BCUT2D eigenvalue weighted by atomic mass is 35.5. The third-order valence-electron chi connectivity index (χ3n) is 4.97. The minimum atomic E-state index is -0.554. The topological polar surface area (TPSA) is 121 Å². The van der Waals surface area contributed by atoms with Crippen molar-refractivity contribution >= 4 is 36.1 Å². The highest BCUT2D eigenvalue weighted by Crippen LogP contribution is 2.26. The number of ether oxygens (including phenoxy) is 2. The lowest BCUT2D eigenvalue weighted by Crippen LogP contribution is -2.16. The third kappa shape index (κ3) is 6.51. The normalized spacial score (nSPS) is 10.5. The zero-order valence-electron chi connectivity index (χ0n) is 19.5. The van der Waals surface area contributed by atoms with Gasteiger partial charge in [0.05, 0.1) is 37.6 Å². The largest absolute Gasteiger partial charge is 0.465 e. The van der Waals surface area contributed by atoms with Crippen LogP contribution in [0, 0.1) is 0 Å². The molecule has 0 aliphatic heterocycles. The van der Waals surface area contributed by atoms with Gasteiger partial charge in [0.25, 0.3) is 0 Å². The van der Waals surface area contributed by atoms with Gasteiger partial charge in [-0.15, -0.1) is 17.5 Å². The summed E-state index contributed by atoms with van der Waals surface area (Å²) < 4.78 is 17.2. The monoisotopic (exact) mass is 529 g/mol. The Kier molecular flexibility index (Phi) is 9.62. The summed E-state index contributed by atoms with van der Waals surface area (Å²) in [6.45, 7) is 1.21. The molecule has 0 amide bonds. The van der Waals surface area contributed by atoms with Gasteiger partial charge in [-0.3, -0.25) is 0 Å². The Bertz CT molecular complexity index is 1280. The molecule has 4 rings (SSSR count). The molecule has 0 saturated carbocycles. The molecule has 36 heavy (non-hydrogen) atoms. The van der Waals surface area contributed by atoms with E-state index in [-0.39, 0.29) is 23.5 Å². The maximum Gasteiger partial charge on any atom is 0.337 e. The number of esters is 2. The Balaban J connectivity index is 0.00000361. The number of carbonyl (C=O) groups is 2. The first-order valence-corrected chi connectivity index (χ1v) is 11.7. The van der Waals surface area contributed by atoms with Gasteiger partial charge in [0, 0.05) is 17.9 Å². The fourth-order valence-electron chi connectivity index (χ4n) is 3.30. The number of nitrogens with zero attached hydrogens (tertiary/aromatic N) is 4. The van der Waals surface area contributed by atoms with Crippen molar-refractivity contribution in [1.82, 2.24) is 25.5 Å². The maximum absolute atomic E-state index is 12.0. The van der Waals surface area contributed by atoms with Crippen molar-refractivity contribution in [2.24, 2.45) is 0 Å². The van der Waals surface area contributed by atoms with Crippen molar-refractivity contribution in [3.63, 3.8) is 0 Å². The molecule has 12 heteroatoms. The van der Waals surface area contributed by atoms with Crippen LogP contribution in [0.15, 0.2) is 70.2 Å². The minimum Gasteiger partial charge on any atom is -0.465 e. The number of furan rings is 1. The molecule has 2 aromatic carbocycles. The van der Waals surface area contributed by atoms with Gasteiger partial charge < -0.3 is 19.2 Å². The van der Waals surface area contributed by atoms with E-state index in [1.807, 2.05) is 36.4 Å². The van der Waals surface area contributed by atoms with Crippen LogP contribution in [-0.2, 0) is 16.0 Å². The van der Waals surface area contributed by atoms with Crippen molar-refractivity contribution in [3.8, 4) is 17.0 Å². The molecule has 0 spiro atoms. The molecular weight excluding hydrogens is 506 g/mol. The van der Waals surface area contributed by atoms with Crippen LogP contribution in [0.1, 0.15) is 26.5 Å². The number of benzene rings is 2. The Morgan fingerprint density at radius 1 is 1.00 bits per heavy atom. The van der Waals surface area contributed by atoms with E-state index < -0.39 is 11.9 Å². The number of hydrogen-bond donors (Lipinski definition) is 1. The molecule has 188 valence electrons. The summed E-state index contributed by atoms with van der Waals surface area (Å²) in [5.74, 6) is 0.878. The molecule has 2 aromatic heterocycles. The molecule has 0 atom stereocenters. The molecule has 2 heterocycles. The van der Waals surface area contributed by atoms with E-state index in [4.69, 9.17) is 13.9 Å². The maximum atomic E-state index is 12.0. The highest BCUT2D eigenvalue weighted by Gasteiger charge is 2.16. The van der Waals surface area contributed by atoms with Crippen molar-refractivity contribution < 1.29 is 23.5 Å². The average molecular weight is 530 g/mol. The summed E-state index contributed by atoms with van der Waals surface area (Å²) in [5.41, 5.74) is 1.94. The number of nitrogens with one attached hydrogen (secondary N) is 1. The van der Waals surface area contributed by atoms with Crippen molar-refractivity contribution in [2.75, 3.05) is 26.5 Å². The van der Waals surface area contributed by atoms with E-state index in [1.165, 1.54) is 20.3 Å². The fourth-order valence-corrected chi connectivity index (χ4v) is 4.08. The minimum absolute atomic E-state index is 0. The van der Waals surface area contributed by atoms with Gasteiger partial charge in [0.1, 0.15) is 11.5 Å². The van der Waals surface area contributed by atoms with Crippen LogP contribution < -0.4 is 5.32 Å². The number of aromatic nitrogens is 4. The first-order valence-electron chi connectivity index (χ1n) is 10.7. The van der Waals surface area contributed by atoms with Gasteiger partial charge in [-0.1, -0.05) is 30.0 Å². The Labute approximate surface area is 217 Å². The predicted octanol–water partition coefficient (Wildman–Crippen LogP) is 3.80. The summed E-state index contributed by atoms with van der Waals surface area (Å²) in [4.78, 5) is 24.0. The van der Waals surface area contributed by atoms with E-state index in [1.54, 1.807) is 34.6 Å². The smallest absolute Gasteiger partial charge is 0.337 e. The molecule has 0 fully saturated rings. The van der Waals surface area contributed by atoms with Gasteiger partial charge in [0.2, 0.25) is 5.16 Å². The standard InChI is InChI=1S/C24H23N5O5S.ClH/c1-32-22(30)17-12-16(13-18(14-17)23(31)33-2)21-9-8-20(34-21)15-25-10-11-35-24-26-27-28-29(24)19-6-4-3-5-7-19;/h3-9,12-14,25H,10-11,15H2,1-2H3;1H. The number of halogens is 1. The lowest BCUT2D eigenvalue weighted by atomic mass is 10.0. The van der Waals surface area contributed by atoms with E-state index in [2.05, 4.69) is 20.8 Å². The van der Waals surface area contributed by atoms with Crippen LogP contribution in [0.2, 0.25) is 0 Å². The van der Waals surface area contributed by atoms with Crippen LogP contribution in [0.5, 0.6) is 0 Å². The van der Waals surface area contributed by atoms with Crippen molar-refractivity contribution in [2.45, 2.75) is 11.7 Å². The molecule has 0 unspecified atom stereocenters. The molecular formula is C24H24ClN5O5S. The van der Waals surface area contributed by atoms with Crippen LogP contribution in [0.4, 0.5) is 0 Å². The van der Waals surface area contributed by atoms with Crippen molar-refractivity contribution in [3.05, 3.63) is 77.6 Å². The lowest BCUT2D eigenvalue weighted by molar-refractivity contribution is 0.0599. The Morgan fingerprint density at radius 3 is 2.36 bits per heavy atom. The summed E-state index contributed by atoms with van der Waals surface area (Å²) in [7, 11) is 2.56. The van der Waals surface area contributed by atoms with E-state index in [9.17, 15) is 9.59 Å². The van der Waals surface area contributed by atoms with Gasteiger partial charge >= 0.3 is 11.9 Å². The molecule has 0 aliphatic rings. The summed E-state index contributed by atoms with van der Waals surface area (Å²) in [6.07, 6.45) is 0. The first kappa shape index (κ1) is 26.9. The third-order valence-corrected chi connectivity index (χ3v) is 5.89. The summed E-state index contributed by atoms with van der Waals surface area (Å²) in [6, 6.07) is 18.0. The number of methoxy groups -OCH3 is 2. The van der Waals surface area contributed by atoms with Crippen LogP contribution in [-0.4, -0.2) is 58.7 Å². The molecule has 10 nitrogen and oxygen atoms in total. The highest BCUT2D eigenvalue weighted by molar-refractivity contribution is 7.99. The molecule has 0 aliphatic carbocycles. The fraction of sp³-hybridized carbons (Fsp3) is 0.208. The lowest BCUT2D eigenvalue weighted by Gasteiger charge is -2.07. The zero-order chi connectivity index (χ0) is 24.6. The van der Waals surface area contributed by atoms with Crippen LogP contribution in [0.3, 0.4) is 0 Å². The second kappa shape index (κ2) is 12.9.